The number of nitrogens with zero attached hydrogens (tertiary/aromatic N) is 1. The van der Waals surface area contributed by atoms with E-state index in [4.69, 9.17) is 0 Å². The molecule has 2 aromatic carbocycles. The molecule has 3 aliphatic rings. The molecule has 2 heteroatoms. The largest absolute Gasteiger partial charge is 0.195 e. The van der Waals surface area contributed by atoms with Crippen LogP contribution in [0.25, 0.3) is 0 Å². The number of aliphatic imine (C=N–C) groups is 1. The van der Waals surface area contributed by atoms with Gasteiger partial charge in [0, 0.05) is 0 Å². The monoisotopic (exact) mass is 403 g/mol. The molecule has 0 aliphatic heterocycles. The summed E-state index contributed by atoms with van der Waals surface area (Å²) in [5.74, 6) is 0. The highest BCUT2D eigenvalue weighted by molar-refractivity contribution is 7.78. The molecule has 0 unspecified atom stereocenters. The summed E-state index contributed by atoms with van der Waals surface area (Å²) in [4.78, 5) is 4.06. The Bertz CT molecular complexity index is 834. The van der Waals surface area contributed by atoms with Crippen LogP contribution >= 0.6 is 12.2 Å². The Hall–Kier alpha value is -1.76. The van der Waals surface area contributed by atoms with Gasteiger partial charge in [-0.15, -0.1) is 0 Å². The predicted octanol–water partition coefficient (Wildman–Crippen LogP) is 7.99. The van der Waals surface area contributed by atoms with Crippen LogP contribution in [0.5, 0.6) is 0 Å². The summed E-state index contributed by atoms with van der Waals surface area (Å²) in [6.45, 7) is 2.27. The van der Waals surface area contributed by atoms with E-state index in [1.165, 1.54) is 81.8 Å². The fourth-order valence-corrected chi connectivity index (χ4v) is 5.78. The molecule has 3 saturated carbocycles. The molecule has 0 saturated heterocycles. The molecule has 0 heterocycles. The second-order valence-corrected chi connectivity index (χ2v) is 9.63. The van der Waals surface area contributed by atoms with Crippen molar-refractivity contribution >= 4 is 23.1 Å². The molecule has 0 amide bonds. The van der Waals surface area contributed by atoms with Crippen molar-refractivity contribution in [2.24, 2.45) is 10.4 Å². The summed E-state index contributed by atoms with van der Waals surface area (Å²) in [5, 5.41) is 2.44. The Kier molecular flexibility index (Phi) is 6.32. The average Bonchev–Trinajstić information content (AvgIpc) is 2.79. The van der Waals surface area contributed by atoms with E-state index in [0.29, 0.717) is 10.8 Å². The number of rotatable bonds is 8. The van der Waals surface area contributed by atoms with Crippen LogP contribution in [0, 0.1) is 5.41 Å². The van der Waals surface area contributed by atoms with Crippen LogP contribution in [0.3, 0.4) is 0 Å². The van der Waals surface area contributed by atoms with Crippen molar-refractivity contribution in [3.63, 3.8) is 0 Å². The van der Waals surface area contributed by atoms with Crippen molar-refractivity contribution in [3.05, 3.63) is 65.2 Å². The van der Waals surface area contributed by atoms with E-state index < -0.39 is 0 Å². The van der Waals surface area contributed by atoms with Crippen molar-refractivity contribution in [2.45, 2.75) is 83.0 Å². The van der Waals surface area contributed by atoms with Crippen molar-refractivity contribution in [2.75, 3.05) is 0 Å². The molecule has 5 rings (SSSR count). The highest BCUT2D eigenvalue weighted by Crippen LogP contribution is 2.59. The number of isothiocyanates is 1. The van der Waals surface area contributed by atoms with Crippen LogP contribution in [0.4, 0.5) is 5.69 Å². The summed E-state index contributed by atoms with van der Waals surface area (Å²) in [6.07, 6.45) is 14.7. The van der Waals surface area contributed by atoms with Gasteiger partial charge in [0.2, 0.25) is 0 Å². The summed E-state index contributed by atoms with van der Waals surface area (Å²) < 4.78 is 0. The summed E-state index contributed by atoms with van der Waals surface area (Å²) in [6, 6.07) is 18.2. The van der Waals surface area contributed by atoms with Crippen LogP contribution < -0.4 is 0 Å². The molecular formula is C27H33NS. The lowest BCUT2D eigenvalue weighted by molar-refractivity contribution is 0.0329. The van der Waals surface area contributed by atoms with E-state index in [0.717, 1.165) is 5.69 Å². The summed E-state index contributed by atoms with van der Waals surface area (Å²) >= 11 is 4.69. The van der Waals surface area contributed by atoms with Gasteiger partial charge < -0.3 is 0 Å². The Balaban J connectivity index is 1.36. The number of hydrogen-bond acceptors (Lipinski definition) is 2. The Morgan fingerprint density at radius 2 is 1.41 bits per heavy atom. The topological polar surface area (TPSA) is 12.4 Å². The van der Waals surface area contributed by atoms with Crippen LogP contribution in [-0.2, 0) is 18.3 Å². The third-order valence-electron chi connectivity index (χ3n) is 7.84. The normalized spacial score (nSPS) is 25.6. The van der Waals surface area contributed by atoms with E-state index in [1.54, 1.807) is 5.56 Å². The number of unbranched alkanes of at least 4 members (excludes halogenated alkanes) is 1. The van der Waals surface area contributed by atoms with Crippen molar-refractivity contribution in [3.8, 4) is 0 Å². The van der Waals surface area contributed by atoms with Crippen molar-refractivity contribution in [1.82, 2.24) is 0 Å². The quantitative estimate of drug-likeness (QED) is 0.321. The van der Waals surface area contributed by atoms with Gasteiger partial charge in [0.15, 0.2) is 0 Å². The van der Waals surface area contributed by atoms with E-state index >= 15 is 0 Å². The van der Waals surface area contributed by atoms with Crippen molar-refractivity contribution in [1.29, 1.82) is 0 Å². The third-order valence-corrected chi connectivity index (χ3v) is 7.93. The fraction of sp³-hybridized carbons (Fsp3) is 0.519. The molecule has 0 spiro atoms. The zero-order valence-electron chi connectivity index (χ0n) is 17.8. The SMILES string of the molecule is CCCCc1ccc(C23CCC(CCc4ccc(N=C=S)cc4)(CC2)CC3)cc1. The van der Waals surface area contributed by atoms with Gasteiger partial charge in [0.1, 0.15) is 0 Å². The Labute approximate surface area is 181 Å². The summed E-state index contributed by atoms with van der Waals surface area (Å²) in [5.41, 5.74) is 6.49. The molecule has 0 N–H and O–H groups in total. The zero-order valence-corrected chi connectivity index (χ0v) is 18.6. The number of benzene rings is 2. The van der Waals surface area contributed by atoms with Gasteiger partial charge in [-0.1, -0.05) is 49.7 Å². The Morgan fingerprint density at radius 1 is 0.828 bits per heavy atom. The second-order valence-electron chi connectivity index (χ2n) is 9.45. The predicted molar refractivity (Wildman–Crippen MR) is 126 cm³/mol. The van der Waals surface area contributed by atoms with Crippen LogP contribution in [-0.4, -0.2) is 5.16 Å². The molecule has 2 bridgehead atoms. The minimum Gasteiger partial charge on any atom is -0.195 e. The van der Waals surface area contributed by atoms with Crippen LogP contribution in [0.1, 0.15) is 81.4 Å². The van der Waals surface area contributed by atoms with Gasteiger partial charge in [0.25, 0.3) is 0 Å². The first-order valence-electron chi connectivity index (χ1n) is 11.4. The van der Waals surface area contributed by atoms with Gasteiger partial charge in [-0.2, -0.15) is 4.99 Å². The van der Waals surface area contributed by atoms with Crippen LogP contribution in [0.2, 0.25) is 0 Å². The molecule has 1 nitrogen and oxygen atoms in total. The lowest BCUT2D eigenvalue weighted by Gasteiger charge is -2.54. The molecule has 0 radical (unpaired) electrons. The average molecular weight is 404 g/mol. The number of fused-ring (bicyclic) bond motifs is 3. The molecule has 3 fully saturated rings. The maximum atomic E-state index is 4.69. The van der Waals surface area contributed by atoms with E-state index in [2.05, 4.69) is 77.8 Å². The molecule has 29 heavy (non-hydrogen) atoms. The highest BCUT2D eigenvalue weighted by Gasteiger charge is 2.48. The third kappa shape index (κ3) is 4.55. The standard InChI is InChI=1S/C27H33NS/c1-2-3-4-22-5-9-24(10-6-22)27-18-15-26(16-19-27,17-20-27)14-13-23-7-11-25(12-8-23)28-21-29/h5-12H,2-4,13-20H2,1H3. The smallest absolute Gasteiger partial charge is 0.0739 e. The van der Waals surface area contributed by atoms with Gasteiger partial charge >= 0.3 is 0 Å². The lowest BCUT2D eigenvalue weighted by Crippen LogP contribution is -2.44. The van der Waals surface area contributed by atoms with Gasteiger partial charge in [-0.3, -0.25) is 0 Å². The first-order chi connectivity index (χ1) is 14.2. The second kappa shape index (κ2) is 8.94. The minimum absolute atomic E-state index is 0.464. The number of thiocarbonyl (C=S) groups is 1. The molecule has 3 aliphatic carbocycles. The molecule has 0 atom stereocenters. The molecule has 0 aromatic heterocycles. The fourth-order valence-electron chi connectivity index (χ4n) is 5.68. The van der Waals surface area contributed by atoms with Crippen LogP contribution in [0.15, 0.2) is 53.5 Å². The van der Waals surface area contributed by atoms with E-state index in [9.17, 15) is 0 Å². The highest BCUT2D eigenvalue weighted by atomic mass is 32.1. The Morgan fingerprint density at radius 3 is 2.00 bits per heavy atom. The minimum atomic E-state index is 0.464. The molecule has 152 valence electrons. The number of aryl methyl sites for hydroxylation is 2. The number of hydrogen-bond donors (Lipinski definition) is 0. The van der Waals surface area contributed by atoms with Crippen molar-refractivity contribution < 1.29 is 0 Å². The lowest BCUT2D eigenvalue weighted by atomic mass is 9.51. The first kappa shape index (κ1) is 20.5. The van der Waals surface area contributed by atoms with E-state index in [1.807, 2.05) is 0 Å². The zero-order chi connectivity index (χ0) is 20.2. The molecular weight excluding hydrogens is 370 g/mol. The summed E-state index contributed by atoms with van der Waals surface area (Å²) in [7, 11) is 0. The van der Waals surface area contributed by atoms with Gasteiger partial charge in [0.05, 0.1) is 10.8 Å². The molecule has 2 aromatic rings. The van der Waals surface area contributed by atoms with Gasteiger partial charge in [-0.25, -0.2) is 0 Å². The van der Waals surface area contributed by atoms with Gasteiger partial charge in [-0.05, 0) is 116 Å². The van der Waals surface area contributed by atoms with E-state index in [-0.39, 0.29) is 0 Å². The maximum Gasteiger partial charge on any atom is 0.0739 e. The first-order valence-corrected chi connectivity index (χ1v) is 11.8. The maximum absolute atomic E-state index is 4.69.